The van der Waals surface area contributed by atoms with Crippen molar-refractivity contribution in [1.29, 1.82) is 0 Å². The summed E-state index contributed by atoms with van der Waals surface area (Å²) in [6.45, 7) is 3.88. The van der Waals surface area contributed by atoms with Crippen molar-refractivity contribution < 1.29 is 60.0 Å². The van der Waals surface area contributed by atoms with E-state index in [1.807, 2.05) is 0 Å². The molecule has 0 amide bonds. The first-order valence-electron chi connectivity index (χ1n) is 13.6. The monoisotopic (exact) mass is 642 g/mol. The molecule has 5 atom stereocenters. The number of carbonyl (C=O) groups excluding carboxylic acids is 2. The normalized spacial score (nSPS) is 16.9. The minimum Gasteiger partial charge on any atom is -0.455 e. The first kappa shape index (κ1) is 35.5. The lowest BCUT2D eigenvalue weighted by Crippen LogP contribution is -2.52. The minimum atomic E-state index is -5.24. The summed E-state index contributed by atoms with van der Waals surface area (Å²) in [7, 11) is 1.43. The van der Waals surface area contributed by atoms with Crippen LogP contribution in [-0.4, -0.2) is 43.6 Å². The van der Waals surface area contributed by atoms with Gasteiger partial charge in [0.05, 0.1) is 6.10 Å². The van der Waals surface area contributed by atoms with Crippen LogP contribution >= 0.6 is 0 Å². The number of aliphatic hydroxyl groups excluding tert-OH is 1. The van der Waals surface area contributed by atoms with Gasteiger partial charge in [-0.3, -0.25) is 0 Å². The Balaban J connectivity index is 2.00. The summed E-state index contributed by atoms with van der Waals surface area (Å²) in [4.78, 5) is 26.4. The second-order valence-corrected chi connectivity index (χ2v) is 10.2. The number of hydrogen-bond acceptors (Lipinski definition) is 7. The second-order valence-electron chi connectivity index (χ2n) is 10.2. The number of esters is 2. The van der Waals surface area contributed by atoms with Crippen LogP contribution in [0, 0.1) is 0 Å². The Bertz CT molecular complexity index is 1360. The topological polar surface area (TPSA) is 91.3 Å². The van der Waals surface area contributed by atoms with Crippen molar-refractivity contribution in [2.45, 2.75) is 62.6 Å². The molecule has 0 radical (unpaired) electrons. The third-order valence-corrected chi connectivity index (χ3v) is 7.34. The Labute approximate surface area is 255 Å². The van der Waals surface area contributed by atoms with Gasteiger partial charge in [0.1, 0.15) is 12.2 Å². The third-order valence-electron chi connectivity index (χ3n) is 7.34. The lowest BCUT2D eigenvalue weighted by molar-refractivity contribution is -0.279. The van der Waals surface area contributed by atoms with Crippen LogP contribution < -0.4 is 0 Å². The van der Waals surface area contributed by atoms with Crippen LogP contribution in [0.3, 0.4) is 0 Å². The molecule has 0 aromatic heterocycles. The minimum absolute atomic E-state index is 0.0526. The fourth-order valence-corrected chi connectivity index (χ4v) is 4.81. The molecule has 3 aromatic rings. The Morgan fingerprint density at radius 1 is 0.600 bits per heavy atom. The molecule has 0 aliphatic heterocycles. The van der Waals surface area contributed by atoms with Crippen LogP contribution in [0.1, 0.15) is 66.9 Å². The number of halogens is 6. The van der Waals surface area contributed by atoms with E-state index < -0.39 is 64.9 Å². The summed E-state index contributed by atoms with van der Waals surface area (Å²) in [6.07, 6.45) is -14.4. The Morgan fingerprint density at radius 2 is 0.911 bits per heavy atom. The van der Waals surface area contributed by atoms with Crippen molar-refractivity contribution in [2.75, 3.05) is 14.2 Å². The van der Waals surface area contributed by atoms with E-state index >= 15 is 0 Å². The molecule has 3 aromatic carbocycles. The van der Waals surface area contributed by atoms with E-state index in [2.05, 4.69) is 0 Å². The average molecular weight is 643 g/mol. The fourth-order valence-electron chi connectivity index (χ4n) is 4.81. The zero-order valence-electron chi connectivity index (χ0n) is 24.9. The molecule has 0 saturated heterocycles. The molecule has 0 saturated carbocycles. The zero-order valence-corrected chi connectivity index (χ0v) is 24.9. The van der Waals surface area contributed by atoms with E-state index in [0.717, 1.165) is 24.3 Å². The Morgan fingerprint density at radius 3 is 1.18 bits per heavy atom. The van der Waals surface area contributed by atoms with E-state index in [4.69, 9.17) is 18.9 Å². The molecule has 45 heavy (non-hydrogen) atoms. The Hall–Kier alpha value is -3.94. The molecule has 0 aliphatic carbocycles. The lowest BCUT2D eigenvalue weighted by Gasteiger charge is -2.34. The highest BCUT2D eigenvalue weighted by Crippen LogP contribution is 2.45. The van der Waals surface area contributed by atoms with Crippen molar-refractivity contribution in [3.63, 3.8) is 0 Å². The van der Waals surface area contributed by atoms with Gasteiger partial charge < -0.3 is 24.1 Å². The number of ether oxygens (including phenoxy) is 4. The predicted molar refractivity (Wildman–Crippen MR) is 148 cm³/mol. The smallest absolute Gasteiger partial charge is 0.432 e. The van der Waals surface area contributed by atoms with Crippen LogP contribution in [-0.2, 0) is 39.7 Å². The quantitative estimate of drug-likeness (QED) is 0.175. The summed E-state index contributed by atoms with van der Waals surface area (Å²) in [5.74, 6) is -3.56. The van der Waals surface area contributed by atoms with Crippen LogP contribution in [0.15, 0.2) is 78.9 Å². The number of alkyl halides is 6. The number of benzene rings is 3. The number of rotatable bonds is 11. The van der Waals surface area contributed by atoms with Gasteiger partial charge in [0, 0.05) is 25.3 Å². The predicted octanol–water partition coefficient (Wildman–Crippen LogP) is 7.16. The number of aliphatic hydroxyl groups is 1. The maximum absolute atomic E-state index is 14.4. The summed E-state index contributed by atoms with van der Waals surface area (Å²) in [5.41, 5.74) is -7.75. The molecule has 0 spiro atoms. The molecule has 0 heterocycles. The molecular weight excluding hydrogens is 610 g/mol. The standard InChI is InChI=1S/C32H32F6O7/c1-19(39)22-16-23(20(2)44-27(40)29(42-4,31(33,34)35)25-12-8-6-9-13-25)18-24(17-22)21(3)45-28(41)30(43-5,32(36,37)38)26-14-10-7-11-15-26/h6-21,39H,1-5H3/t19-,20-,21+,29?,30?/m1/s1. The molecule has 13 heteroatoms. The van der Waals surface area contributed by atoms with Gasteiger partial charge in [0.25, 0.3) is 11.2 Å². The summed E-state index contributed by atoms with van der Waals surface area (Å²) >= 11 is 0. The van der Waals surface area contributed by atoms with Crippen LogP contribution in [0.4, 0.5) is 26.3 Å². The molecule has 244 valence electrons. The van der Waals surface area contributed by atoms with Gasteiger partial charge in [0.2, 0.25) is 0 Å². The van der Waals surface area contributed by atoms with Crippen LogP contribution in [0.2, 0.25) is 0 Å². The van der Waals surface area contributed by atoms with E-state index in [-0.39, 0.29) is 16.7 Å². The largest absolute Gasteiger partial charge is 0.455 e. The molecular formula is C32H32F6O7. The van der Waals surface area contributed by atoms with Crippen LogP contribution in [0.5, 0.6) is 0 Å². The van der Waals surface area contributed by atoms with Crippen molar-refractivity contribution >= 4 is 11.9 Å². The highest BCUT2D eigenvalue weighted by Gasteiger charge is 2.65. The maximum atomic E-state index is 14.4. The van der Waals surface area contributed by atoms with Gasteiger partial charge >= 0.3 is 24.3 Å². The molecule has 0 aliphatic rings. The molecule has 2 unspecified atom stereocenters. The van der Waals surface area contributed by atoms with E-state index in [0.29, 0.717) is 14.2 Å². The summed E-state index contributed by atoms with van der Waals surface area (Å²) in [6, 6.07) is 16.3. The maximum Gasteiger partial charge on any atom is 0.432 e. The summed E-state index contributed by atoms with van der Waals surface area (Å²) in [5, 5.41) is 10.3. The van der Waals surface area contributed by atoms with Gasteiger partial charge in [-0.2, -0.15) is 26.3 Å². The van der Waals surface area contributed by atoms with Crippen molar-refractivity contribution in [3.05, 3.63) is 107 Å². The van der Waals surface area contributed by atoms with Crippen molar-refractivity contribution in [1.82, 2.24) is 0 Å². The number of carbonyl (C=O) groups is 2. The SMILES string of the molecule is COC(C(=O)O[C@@H](C)c1cc([C@@H](C)O)cc([C@@H](C)OC(=O)C(OC)(c2ccccc2)C(F)(F)F)c1)(c1ccccc1)C(F)(F)F. The molecule has 0 bridgehead atoms. The first-order chi connectivity index (χ1) is 21.0. The fraction of sp³-hybridized carbons (Fsp3) is 0.375. The van der Waals surface area contributed by atoms with Gasteiger partial charge in [0.15, 0.2) is 0 Å². The van der Waals surface area contributed by atoms with Gasteiger partial charge in [-0.05, 0) is 55.7 Å². The second kappa shape index (κ2) is 13.6. The van der Waals surface area contributed by atoms with Gasteiger partial charge in [-0.15, -0.1) is 0 Å². The number of hydrogen-bond donors (Lipinski definition) is 1. The van der Waals surface area contributed by atoms with Gasteiger partial charge in [-0.1, -0.05) is 60.7 Å². The first-order valence-corrected chi connectivity index (χ1v) is 13.6. The highest BCUT2D eigenvalue weighted by atomic mass is 19.4. The average Bonchev–Trinajstić information content (AvgIpc) is 2.97. The van der Waals surface area contributed by atoms with Crippen LogP contribution in [0.25, 0.3) is 0 Å². The third kappa shape index (κ3) is 6.85. The van der Waals surface area contributed by atoms with Crippen molar-refractivity contribution in [3.8, 4) is 0 Å². The molecule has 0 fully saturated rings. The molecule has 1 N–H and O–H groups in total. The Kier molecular flexibility index (Phi) is 10.7. The van der Waals surface area contributed by atoms with E-state index in [1.54, 1.807) is 0 Å². The molecule has 3 rings (SSSR count). The lowest BCUT2D eigenvalue weighted by atomic mass is 9.92. The van der Waals surface area contributed by atoms with E-state index in [1.165, 1.54) is 75.4 Å². The van der Waals surface area contributed by atoms with Gasteiger partial charge in [-0.25, -0.2) is 9.59 Å². The summed E-state index contributed by atoms with van der Waals surface area (Å²) < 4.78 is 106. The number of methoxy groups -OCH3 is 2. The molecule has 7 nitrogen and oxygen atoms in total. The van der Waals surface area contributed by atoms with E-state index in [9.17, 15) is 41.0 Å². The van der Waals surface area contributed by atoms with Crippen molar-refractivity contribution in [2.24, 2.45) is 0 Å². The zero-order chi connectivity index (χ0) is 33.8. The highest BCUT2D eigenvalue weighted by molar-refractivity contribution is 5.83.